The molecule has 1 saturated heterocycles. The molecule has 4 unspecified atom stereocenters. The summed E-state index contributed by atoms with van der Waals surface area (Å²) in [7, 11) is 1.64. The average molecular weight is 477 g/mol. The van der Waals surface area contributed by atoms with E-state index in [0.717, 1.165) is 30.7 Å². The number of fused-ring (bicyclic) bond motifs is 1. The van der Waals surface area contributed by atoms with Gasteiger partial charge in [-0.25, -0.2) is 10.4 Å². The normalized spacial score (nSPS) is 29.9. The molecule has 182 valence electrons. The number of amides is 1. The zero-order valence-electron chi connectivity index (χ0n) is 18.8. The molecule has 0 spiro atoms. The van der Waals surface area contributed by atoms with Crippen molar-refractivity contribution in [1.29, 1.82) is 0 Å². The summed E-state index contributed by atoms with van der Waals surface area (Å²) in [6, 6.07) is 6.44. The lowest BCUT2D eigenvalue weighted by Crippen LogP contribution is -2.54. The summed E-state index contributed by atoms with van der Waals surface area (Å²) in [5, 5.41) is 12.3. The van der Waals surface area contributed by atoms with Crippen LogP contribution < -0.4 is 10.7 Å². The van der Waals surface area contributed by atoms with Crippen molar-refractivity contribution in [3.8, 4) is 0 Å². The number of methoxy groups -OCH3 is 1. The number of nitrogens with zero attached hydrogens (tertiary/aromatic N) is 3. The minimum absolute atomic E-state index is 0.0163. The molecule has 2 fully saturated rings. The molecule has 2 aliphatic heterocycles. The molecule has 1 aromatic carbocycles. The van der Waals surface area contributed by atoms with Crippen molar-refractivity contribution in [3.63, 3.8) is 0 Å². The Morgan fingerprint density at radius 3 is 2.59 bits per heavy atom. The van der Waals surface area contributed by atoms with Crippen molar-refractivity contribution in [2.45, 2.75) is 68.9 Å². The second-order valence-electron chi connectivity index (χ2n) is 8.96. The third-order valence-corrected chi connectivity index (χ3v) is 6.94. The van der Waals surface area contributed by atoms with Crippen molar-refractivity contribution in [2.75, 3.05) is 7.11 Å². The van der Waals surface area contributed by atoms with Crippen molar-refractivity contribution < 1.29 is 27.1 Å². The van der Waals surface area contributed by atoms with E-state index in [-0.39, 0.29) is 23.5 Å². The van der Waals surface area contributed by atoms with E-state index in [1.807, 2.05) is 0 Å². The van der Waals surface area contributed by atoms with Gasteiger partial charge in [0.2, 0.25) is 5.89 Å². The highest BCUT2D eigenvalue weighted by molar-refractivity contribution is 6.19. The van der Waals surface area contributed by atoms with Crippen molar-refractivity contribution >= 4 is 11.5 Å². The Morgan fingerprint density at radius 1 is 1.15 bits per heavy atom. The number of hydrogen-bond donors (Lipinski definition) is 2. The first-order valence-electron chi connectivity index (χ1n) is 11.3. The van der Waals surface area contributed by atoms with Gasteiger partial charge in [-0.1, -0.05) is 43.2 Å². The summed E-state index contributed by atoms with van der Waals surface area (Å²) in [6.45, 7) is 1.63. The maximum atomic E-state index is 14.0. The van der Waals surface area contributed by atoms with Gasteiger partial charge in [-0.05, 0) is 25.3 Å². The molecule has 1 saturated carbocycles. The third-order valence-electron chi connectivity index (χ3n) is 6.94. The van der Waals surface area contributed by atoms with Gasteiger partial charge in [-0.2, -0.15) is 13.2 Å². The number of carbonyl (C=O) groups excluding carboxylic acids is 1. The van der Waals surface area contributed by atoms with E-state index in [9.17, 15) is 18.0 Å². The monoisotopic (exact) mass is 477 g/mol. The van der Waals surface area contributed by atoms with Crippen LogP contribution in [0.5, 0.6) is 0 Å². The van der Waals surface area contributed by atoms with Gasteiger partial charge in [0.05, 0.1) is 17.9 Å². The molecular weight excluding hydrogens is 451 g/mol. The second-order valence-corrected chi connectivity index (χ2v) is 8.96. The highest BCUT2D eigenvalue weighted by Crippen LogP contribution is 2.42. The number of alkyl halides is 3. The van der Waals surface area contributed by atoms with Crippen LogP contribution in [-0.2, 0) is 9.53 Å². The molecule has 34 heavy (non-hydrogen) atoms. The van der Waals surface area contributed by atoms with Crippen molar-refractivity contribution in [3.05, 3.63) is 53.4 Å². The fraction of sp³-hybridized carbons (Fsp3) is 0.522. The Hall–Kier alpha value is -2.92. The number of halogens is 3. The van der Waals surface area contributed by atoms with Gasteiger partial charge in [0, 0.05) is 12.8 Å². The topological polar surface area (TPSA) is 92.5 Å². The molecule has 1 amide bonds. The van der Waals surface area contributed by atoms with E-state index in [1.54, 1.807) is 44.4 Å². The molecule has 8 nitrogen and oxygen atoms in total. The SMILES string of the molecule is CO[C@@H]1CCCCC1c1nnc(C2=C(C)NC3C(c4ccccc4)C(C(F)(F)F)NN3C2=O)o1. The average Bonchev–Trinajstić information content (AvgIpc) is 3.45. The highest BCUT2D eigenvalue weighted by Gasteiger charge is 2.58. The predicted molar refractivity (Wildman–Crippen MR) is 115 cm³/mol. The van der Waals surface area contributed by atoms with Crippen LogP contribution >= 0.6 is 0 Å². The van der Waals surface area contributed by atoms with Crippen LogP contribution in [0.25, 0.3) is 5.57 Å². The van der Waals surface area contributed by atoms with Gasteiger partial charge in [0.25, 0.3) is 11.8 Å². The first-order valence-corrected chi connectivity index (χ1v) is 11.3. The van der Waals surface area contributed by atoms with Gasteiger partial charge in [0.15, 0.2) is 0 Å². The standard InChI is InChI=1S/C23H26F3N5O3/c1-12-16(21-29-28-20(34-21)14-10-6-7-11-15(14)33-2)22(32)31-19(27-12)17(13-8-4-3-5-9-13)18(30-31)23(24,25)26/h3-5,8-9,14-15,17-19,27,30H,6-7,10-11H2,1-2H3/t14?,15-,17?,18?,19?/m1/s1. The van der Waals surface area contributed by atoms with Crippen molar-refractivity contribution in [2.24, 2.45) is 0 Å². The van der Waals surface area contributed by atoms with Gasteiger partial charge >= 0.3 is 6.18 Å². The lowest BCUT2D eigenvalue weighted by Gasteiger charge is -2.34. The lowest BCUT2D eigenvalue weighted by atomic mass is 9.86. The van der Waals surface area contributed by atoms with Crippen LogP contribution in [-0.4, -0.2) is 52.7 Å². The summed E-state index contributed by atoms with van der Waals surface area (Å²) in [5.41, 5.74) is 3.31. The maximum absolute atomic E-state index is 14.0. The van der Waals surface area contributed by atoms with E-state index in [4.69, 9.17) is 9.15 Å². The molecule has 5 rings (SSSR count). The zero-order chi connectivity index (χ0) is 24.0. The summed E-state index contributed by atoms with van der Waals surface area (Å²) in [6.07, 6.45) is -1.80. The minimum Gasteiger partial charge on any atom is -0.420 e. The Morgan fingerprint density at radius 2 is 1.88 bits per heavy atom. The van der Waals surface area contributed by atoms with Crippen LogP contribution in [0, 0.1) is 0 Å². The number of nitrogens with one attached hydrogen (secondary N) is 2. The number of rotatable bonds is 4. The molecule has 1 aliphatic carbocycles. The number of aromatic nitrogens is 2. The molecule has 2 aromatic rings. The van der Waals surface area contributed by atoms with Crippen LogP contribution in [0.15, 0.2) is 40.4 Å². The molecule has 3 aliphatic rings. The molecule has 0 bridgehead atoms. The highest BCUT2D eigenvalue weighted by atomic mass is 19.4. The van der Waals surface area contributed by atoms with E-state index in [1.165, 1.54) is 0 Å². The second kappa shape index (κ2) is 8.70. The summed E-state index contributed by atoms with van der Waals surface area (Å²) in [5.74, 6) is -1.40. The van der Waals surface area contributed by atoms with Crippen LogP contribution in [0.3, 0.4) is 0 Å². The van der Waals surface area contributed by atoms with Crippen molar-refractivity contribution in [1.82, 2.24) is 25.9 Å². The number of hydrogen-bond acceptors (Lipinski definition) is 7. The fourth-order valence-corrected chi connectivity index (χ4v) is 5.29. The maximum Gasteiger partial charge on any atom is 0.406 e. The van der Waals surface area contributed by atoms with Crippen LogP contribution in [0.4, 0.5) is 13.2 Å². The molecule has 0 radical (unpaired) electrons. The largest absolute Gasteiger partial charge is 0.420 e. The summed E-state index contributed by atoms with van der Waals surface area (Å²) in [4.78, 5) is 13.4. The Labute approximate surface area is 194 Å². The zero-order valence-corrected chi connectivity index (χ0v) is 18.8. The fourth-order valence-electron chi connectivity index (χ4n) is 5.29. The molecular formula is C23H26F3N5O3. The van der Waals surface area contributed by atoms with Crippen LogP contribution in [0.1, 0.15) is 61.8 Å². The lowest BCUT2D eigenvalue weighted by molar-refractivity contribution is -0.161. The number of allylic oxidation sites excluding steroid dienone is 1. The van der Waals surface area contributed by atoms with E-state index >= 15 is 0 Å². The van der Waals surface area contributed by atoms with E-state index in [2.05, 4.69) is 20.9 Å². The number of carbonyl (C=O) groups is 1. The Balaban J connectivity index is 1.47. The summed E-state index contributed by atoms with van der Waals surface area (Å²) < 4.78 is 53.4. The number of hydrazine groups is 1. The molecule has 11 heteroatoms. The predicted octanol–water partition coefficient (Wildman–Crippen LogP) is 3.46. The third kappa shape index (κ3) is 3.86. The number of ether oxygens (including phenoxy) is 1. The Kier molecular flexibility index (Phi) is 5.85. The van der Waals surface area contributed by atoms with Gasteiger partial charge < -0.3 is 14.5 Å². The first kappa shape index (κ1) is 22.9. The molecule has 3 heterocycles. The van der Waals surface area contributed by atoms with Gasteiger partial charge in [0.1, 0.15) is 17.8 Å². The molecule has 1 aromatic heterocycles. The summed E-state index contributed by atoms with van der Waals surface area (Å²) >= 11 is 0. The Bertz CT molecular complexity index is 1090. The van der Waals surface area contributed by atoms with E-state index in [0.29, 0.717) is 17.2 Å². The quantitative estimate of drug-likeness (QED) is 0.697. The minimum atomic E-state index is -4.57. The van der Waals surface area contributed by atoms with Gasteiger partial charge in [-0.15, -0.1) is 10.2 Å². The van der Waals surface area contributed by atoms with Crippen LogP contribution in [0.2, 0.25) is 0 Å². The first-order chi connectivity index (χ1) is 16.3. The van der Waals surface area contributed by atoms with E-state index < -0.39 is 30.2 Å². The smallest absolute Gasteiger partial charge is 0.406 e. The molecule has 2 N–H and O–H groups in total. The number of benzene rings is 1. The molecule has 5 atom stereocenters. The van der Waals surface area contributed by atoms with Gasteiger partial charge in [-0.3, -0.25) is 4.79 Å².